The summed E-state index contributed by atoms with van der Waals surface area (Å²) in [7, 11) is 1.76. The Labute approximate surface area is 147 Å². The summed E-state index contributed by atoms with van der Waals surface area (Å²) < 4.78 is 1.12. The Hall–Kier alpha value is -1.60. The van der Waals surface area contributed by atoms with E-state index in [0.29, 0.717) is 10.1 Å². The van der Waals surface area contributed by atoms with E-state index in [9.17, 15) is 4.79 Å². The molecule has 5 heteroatoms. The minimum absolute atomic E-state index is 0.0145. The topological polar surface area (TPSA) is 32.7 Å². The molecular weight excluding hydrogens is 407 g/mol. The molecule has 1 saturated heterocycles. The molecule has 22 heavy (non-hydrogen) atoms. The molecule has 0 aromatic heterocycles. The molecule has 1 heterocycles. The van der Waals surface area contributed by atoms with Crippen LogP contribution in [-0.2, 0) is 4.79 Å². The highest BCUT2D eigenvalue weighted by atomic mass is 127. The predicted molar refractivity (Wildman–Crippen MR) is 101 cm³/mol. The lowest BCUT2D eigenvalue weighted by Crippen LogP contribution is -2.23. The molecule has 0 aliphatic carbocycles. The molecule has 3 nitrogen and oxygen atoms in total. The van der Waals surface area contributed by atoms with Gasteiger partial charge in [-0.25, -0.2) is 4.99 Å². The third kappa shape index (κ3) is 3.25. The Balaban J connectivity index is 1.92. The van der Waals surface area contributed by atoms with Crippen molar-refractivity contribution in [3.8, 4) is 0 Å². The number of para-hydroxylation sites is 1. The number of aliphatic imine (C=N–C) groups is 1. The first-order chi connectivity index (χ1) is 10.6. The van der Waals surface area contributed by atoms with E-state index in [2.05, 4.69) is 27.6 Å². The highest BCUT2D eigenvalue weighted by Gasteiger charge is 2.30. The second kappa shape index (κ2) is 6.66. The smallest absolute Gasteiger partial charge is 0.266 e. The number of rotatable bonds is 2. The number of likely N-dealkylation sites (N-methyl/N-ethyl adjacent to an activating group) is 1. The molecule has 0 N–H and O–H groups in total. The molecule has 0 radical (unpaired) electrons. The average molecular weight is 420 g/mol. The maximum absolute atomic E-state index is 12.4. The molecule has 2 aromatic carbocycles. The zero-order valence-corrected chi connectivity index (χ0v) is 14.8. The van der Waals surface area contributed by atoms with Gasteiger partial charge in [-0.1, -0.05) is 36.4 Å². The summed E-state index contributed by atoms with van der Waals surface area (Å²) in [5, 5.41) is 0.702. The molecule has 0 unspecified atom stereocenters. The average Bonchev–Trinajstić information content (AvgIpc) is 2.79. The fraction of sp³-hybridized carbons (Fsp3) is 0.0588. The Morgan fingerprint density at radius 3 is 2.50 bits per heavy atom. The van der Waals surface area contributed by atoms with Crippen LogP contribution in [-0.4, -0.2) is 23.0 Å². The molecule has 110 valence electrons. The summed E-state index contributed by atoms with van der Waals surface area (Å²) in [4.78, 5) is 19.2. The molecular formula is C17H13IN2OS. The van der Waals surface area contributed by atoms with E-state index < -0.39 is 0 Å². The maximum Gasteiger partial charge on any atom is 0.266 e. The van der Waals surface area contributed by atoms with Gasteiger partial charge in [0.15, 0.2) is 5.17 Å². The minimum Gasteiger partial charge on any atom is -0.290 e. The quantitative estimate of drug-likeness (QED) is 0.529. The summed E-state index contributed by atoms with van der Waals surface area (Å²) in [5.74, 6) is -0.0145. The van der Waals surface area contributed by atoms with Gasteiger partial charge in [0.25, 0.3) is 5.91 Å². The van der Waals surface area contributed by atoms with Gasteiger partial charge in [-0.2, -0.15) is 0 Å². The van der Waals surface area contributed by atoms with Gasteiger partial charge in [-0.3, -0.25) is 9.69 Å². The fourth-order valence-electron chi connectivity index (χ4n) is 2.00. The van der Waals surface area contributed by atoms with Gasteiger partial charge in [-0.05, 0) is 64.2 Å². The number of benzene rings is 2. The van der Waals surface area contributed by atoms with E-state index in [1.54, 1.807) is 11.9 Å². The number of carbonyl (C=O) groups excluding carboxylic acids is 1. The van der Waals surface area contributed by atoms with Crippen molar-refractivity contribution in [3.05, 3.63) is 68.6 Å². The Bertz CT molecular complexity index is 771. The monoisotopic (exact) mass is 420 g/mol. The van der Waals surface area contributed by atoms with Crippen molar-refractivity contribution >= 4 is 57.2 Å². The van der Waals surface area contributed by atoms with Crippen LogP contribution in [0.25, 0.3) is 6.08 Å². The minimum atomic E-state index is -0.0145. The lowest BCUT2D eigenvalue weighted by molar-refractivity contribution is -0.121. The molecule has 1 fully saturated rings. The number of carbonyl (C=O) groups is 1. The van der Waals surface area contributed by atoms with Crippen LogP contribution < -0.4 is 0 Å². The van der Waals surface area contributed by atoms with Crippen molar-refractivity contribution in [2.75, 3.05) is 7.05 Å². The van der Waals surface area contributed by atoms with Crippen LogP contribution in [0.1, 0.15) is 5.56 Å². The standard InChI is InChI=1S/C17H13IN2OS/c1-20-16(21)15(11-12-7-5-6-10-14(12)18)22-17(20)19-13-8-3-2-4-9-13/h2-11H,1H3/b15-11-,19-17?. The van der Waals surface area contributed by atoms with Crippen LogP contribution in [0.3, 0.4) is 0 Å². The Morgan fingerprint density at radius 1 is 1.09 bits per heavy atom. The molecule has 3 rings (SSSR count). The second-order valence-electron chi connectivity index (χ2n) is 4.73. The summed E-state index contributed by atoms with van der Waals surface area (Å²) in [6.07, 6.45) is 1.93. The van der Waals surface area contributed by atoms with E-state index in [1.807, 2.05) is 60.7 Å². The Morgan fingerprint density at radius 2 is 1.77 bits per heavy atom. The first-order valence-electron chi connectivity index (χ1n) is 6.71. The predicted octanol–water partition coefficient (Wildman–Crippen LogP) is 4.53. The van der Waals surface area contributed by atoms with E-state index in [-0.39, 0.29) is 5.91 Å². The van der Waals surface area contributed by atoms with Crippen molar-refractivity contribution in [3.63, 3.8) is 0 Å². The van der Waals surface area contributed by atoms with E-state index in [4.69, 9.17) is 0 Å². The highest BCUT2D eigenvalue weighted by molar-refractivity contribution is 14.1. The summed E-state index contributed by atoms with van der Waals surface area (Å²) in [6.45, 7) is 0. The van der Waals surface area contributed by atoms with Gasteiger partial charge in [0.2, 0.25) is 0 Å². The number of nitrogens with zero attached hydrogens (tertiary/aromatic N) is 2. The lowest BCUT2D eigenvalue weighted by atomic mass is 10.2. The third-order valence-corrected chi connectivity index (χ3v) is 5.22. The maximum atomic E-state index is 12.4. The number of thioether (sulfide) groups is 1. The molecule has 0 atom stereocenters. The number of amidine groups is 1. The van der Waals surface area contributed by atoms with Gasteiger partial charge in [-0.15, -0.1) is 0 Å². The summed E-state index contributed by atoms with van der Waals surface area (Å²) in [5.41, 5.74) is 1.90. The van der Waals surface area contributed by atoms with Crippen LogP contribution in [0.4, 0.5) is 5.69 Å². The third-order valence-electron chi connectivity index (χ3n) is 3.18. The van der Waals surface area contributed by atoms with Crippen molar-refractivity contribution in [1.82, 2.24) is 4.90 Å². The lowest BCUT2D eigenvalue weighted by Gasteiger charge is -2.06. The number of amides is 1. The van der Waals surface area contributed by atoms with Gasteiger partial charge < -0.3 is 0 Å². The van der Waals surface area contributed by atoms with Crippen molar-refractivity contribution in [2.24, 2.45) is 4.99 Å². The molecule has 0 spiro atoms. The number of hydrogen-bond donors (Lipinski definition) is 0. The molecule has 2 aromatic rings. The van der Waals surface area contributed by atoms with E-state index in [0.717, 1.165) is 14.8 Å². The molecule has 0 saturated carbocycles. The zero-order chi connectivity index (χ0) is 15.5. The molecule has 1 amide bonds. The van der Waals surface area contributed by atoms with Crippen LogP contribution in [0, 0.1) is 3.57 Å². The zero-order valence-electron chi connectivity index (χ0n) is 11.9. The van der Waals surface area contributed by atoms with Crippen LogP contribution in [0.15, 0.2) is 64.5 Å². The van der Waals surface area contributed by atoms with Crippen LogP contribution in [0.5, 0.6) is 0 Å². The van der Waals surface area contributed by atoms with Gasteiger partial charge in [0.1, 0.15) is 0 Å². The van der Waals surface area contributed by atoms with Crippen LogP contribution in [0.2, 0.25) is 0 Å². The second-order valence-corrected chi connectivity index (χ2v) is 6.90. The number of hydrogen-bond acceptors (Lipinski definition) is 3. The Kier molecular flexibility index (Phi) is 4.63. The first kappa shape index (κ1) is 15.3. The van der Waals surface area contributed by atoms with Crippen LogP contribution >= 0.6 is 34.4 Å². The van der Waals surface area contributed by atoms with E-state index >= 15 is 0 Å². The molecule has 1 aliphatic heterocycles. The summed E-state index contributed by atoms with van der Waals surface area (Å²) in [6, 6.07) is 17.7. The van der Waals surface area contributed by atoms with E-state index in [1.165, 1.54) is 11.8 Å². The highest BCUT2D eigenvalue weighted by Crippen LogP contribution is 2.33. The van der Waals surface area contributed by atoms with Crippen molar-refractivity contribution in [2.45, 2.75) is 0 Å². The fourth-order valence-corrected chi connectivity index (χ4v) is 3.52. The van der Waals surface area contributed by atoms with Crippen molar-refractivity contribution in [1.29, 1.82) is 0 Å². The van der Waals surface area contributed by atoms with Gasteiger partial charge in [0.05, 0.1) is 10.6 Å². The van der Waals surface area contributed by atoms with Gasteiger partial charge >= 0.3 is 0 Å². The molecule has 1 aliphatic rings. The molecule has 0 bridgehead atoms. The first-order valence-corrected chi connectivity index (χ1v) is 8.60. The largest absolute Gasteiger partial charge is 0.290 e. The normalized spacial score (nSPS) is 18.5. The van der Waals surface area contributed by atoms with Gasteiger partial charge in [0, 0.05) is 10.6 Å². The number of halogens is 1. The summed E-state index contributed by atoms with van der Waals surface area (Å²) >= 11 is 3.68. The van der Waals surface area contributed by atoms with Crippen molar-refractivity contribution < 1.29 is 4.79 Å². The SMILES string of the molecule is CN1C(=O)/C(=C/c2ccccc2I)SC1=Nc1ccccc1.